The summed E-state index contributed by atoms with van der Waals surface area (Å²) in [6.07, 6.45) is 0. The summed E-state index contributed by atoms with van der Waals surface area (Å²) < 4.78 is 0. The third-order valence-corrected chi connectivity index (χ3v) is 5.72. The summed E-state index contributed by atoms with van der Waals surface area (Å²) in [5, 5.41) is 3.82. The van der Waals surface area contributed by atoms with Gasteiger partial charge in [0.05, 0.1) is 0 Å². The van der Waals surface area contributed by atoms with Crippen molar-refractivity contribution in [2.24, 2.45) is 0 Å². The molecule has 0 aliphatic heterocycles. The van der Waals surface area contributed by atoms with Gasteiger partial charge in [0.2, 0.25) is 0 Å². The molecule has 112 valence electrons. The standard InChI is InChI=1S/C20H13Cl2P/c21-17-6-10-19(11-7-17)23(20-12-8-18(22)9-13-20)15-14-16-4-2-1-3-5-16/h1-13H. The number of benzene rings is 3. The quantitative estimate of drug-likeness (QED) is 0.424. The third kappa shape index (κ3) is 4.37. The second-order valence-corrected chi connectivity index (χ2v) is 7.69. The smallest absolute Gasteiger partial charge is 0.0406 e. The van der Waals surface area contributed by atoms with Gasteiger partial charge in [-0.1, -0.05) is 77.2 Å². The van der Waals surface area contributed by atoms with E-state index in [1.165, 1.54) is 10.6 Å². The van der Waals surface area contributed by atoms with E-state index < -0.39 is 7.92 Å². The van der Waals surface area contributed by atoms with E-state index in [9.17, 15) is 0 Å². The van der Waals surface area contributed by atoms with Crippen molar-refractivity contribution in [3.05, 3.63) is 94.5 Å². The average Bonchev–Trinajstić information content (AvgIpc) is 2.59. The van der Waals surface area contributed by atoms with Crippen LogP contribution >= 0.6 is 31.1 Å². The van der Waals surface area contributed by atoms with E-state index in [0.29, 0.717) is 0 Å². The van der Waals surface area contributed by atoms with Crippen LogP contribution in [0.2, 0.25) is 10.0 Å². The minimum atomic E-state index is -0.778. The molecule has 0 amide bonds. The molecule has 0 nitrogen and oxygen atoms in total. The zero-order valence-corrected chi connectivity index (χ0v) is 14.6. The van der Waals surface area contributed by atoms with Crippen LogP contribution in [0.15, 0.2) is 78.9 Å². The highest BCUT2D eigenvalue weighted by Gasteiger charge is 2.11. The van der Waals surface area contributed by atoms with Gasteiger partial charge in [-0.2, -0.15) is 0 Å². The van der Waals surface area contributed by atoms with E-state index >= 15 is 0 Å². The Morgan fingerprint density at radius 3 is 1.57 bits per heavy atom. The number of hydrogen-bond donors (Lipinski definition) is 0. The van der Waals surface area contributed by atoms with E-state index in [1.807, 2.05) is 78.9 Å². The summed E-state index contributed by atoms with van der Waals surface area (Å²) in [7, 11) is -0.778. The molecule has 0 atom stereocenters. The van der Waals surface area contributed by atoms with Crippen LogP contribution in [-0.2, 0) is 0 Å². The van der Waals surface area contributed by atoms with Crippen LogP contribution in [0.1, 0.15) is 5.56 Å². The molecule has 0 aliphatic carbocycles. The highest BCUT2D eigenvalue weighted by Crippen LogP contribution is 2.33. The summed E-state index contributed by atoms with van der Waals surface area (Å²) in [6, 6.07) is 25.8. The van der Waals surface area contributed by atoms with Gasteiger partial charge < -0.3 is 0 Å². The molecule has 0 radical (unpaired) electrons. The molecule has 23 heavy (non-hydrogen) atoms. The number of rotatable bonds is 2. The van der Waals surface area contributed by atoms with E-state index in [0.717, 1.165) is 15.6 Å². The summed E-state index contributed by atoms with van der Waals surface area (Å²) in [5.41, 5.74) is 4.45. The Morgan fingerprint density at radius 1 is 0.609 bits per heavy atom. The zero-order valence-electron chi connectivity index (χ0n) is 12.2. The van der Waals surface area contributed by atoms with Crippen LogP contribution in [0.4, 0.5) is 0 Å². The molecule has 0 bridgehead atoms. The molecule has 0 saturated heterocycles. The van der Waals surface area contributed by atoms with Crippen molar-refractivity contribution < 1.29 is 0 Å². The maximum Gasteiger partial charge on any atom is 0.0406 e. The summed E-state index contributed by atoms with van der Waals surface area (Å²) in [5.74, 6) is 3.28. The topological polar surface area (TPSA) is 0 Å². The van der Waals surface area contributed by atoms with Crippen LogP contribution < -0.4 is 10.6 Å². The van der Waals surface area contributed by atoms with Gasteiger partial charge in [-0.3, -0.25) is 0 Å². The molecule has 0 aromatic heterocycles. The van der Waals surface area contributed by atoms with E-state index in [1.54, 1.807) is 0 Å². The average molecular weight is 355 g/mol. The van der Waals surface area contributed by atoms with Crippen molar-refractivity contribution in [1.82, 2.24) is 0 Å². The van der Waals surface area contributed by atoms with Crippen LogP contribution in [-0.4, -0.2) is 0 Å². The second-order valence-electron chi connectivity index (χ2n) is 4.89. The molecular weight excluding hydrogens is 342 g/mol. The molecule has 0 fully saturated rings. The molecule has 3 rings (SSSR count). The Bertz CT molecular complexity index is 783. The molecule has 3 aromatic carbocycles. The predicted octanol–water partition coefficient (Wildman–Crippen LogP) is 5.44. The fourth-order valence-corrected chi connectivity index (χ4v) is 4.04. The highest BCUT2D eigenvalue weighted by molar-refractivity contribution is 7.77. The maximum atomic E-state index is 6.01. The molecule has 3 heteroatoms. The largest absolute Gasteiger partial charge is 0.0843 e. The van der Waals surface area contributed by atoms with Gasteiger partial charge in [-0.25, -0.2) is 0 Å². The van der Waals surface area contributed by atoms with Crippen LogP contribution in [0.3, 0.4) is 0 Å². The summed E-state index contributed by atoms with van der Waals surface area (Å²) in [6.45, 7) is 0. The van der Waals surface area contributed by atoms with Gasteiger partial charge >= 0.3 is 0 Å². The van der Waals surface area contributed by atoms with Crippen LogP contribution in [0, 0.1) is 11.6 Å². The molecule has 0 heterocycles. The lowest BCUT2D eigenvalue weighted by Crippen LogP contribution is -2.10. The van der Waals surface area contributed by atoms with Crippen molar-refractivity contribution >= 4 is 41.7 Å². The monoisotopic (exact) mass is 354 g/mol. The van der Waals surface area contributed by atoms with Crippen molar-refractivity contribution in [3.63, 3.8) is 0 Å². The minimum Gasteiger partial charge on any atom is -0.0843 e. The fourth-order valence-electron chi connectivity index (χ4n) is 2.10. The summed E-state index contributed by atoms with van der Waals surface area (Å²) >= 11 is 12.0. The van der Waals surface area contributed by atoms with E-state index in [2.05, 4.69) is 11.6 Å². The zero-order chi connectivity index (χ0) is 16.1. The van der Waals surface area contributed by atoms with Gasteiger partial charge in [-0.15, -0.1) is 0 Å². The SMILES string of the molecule is Clc1ccc(P(C#Cc2ccccc2)c2ccc(Cl)cc2)cc1. The Morgan fingerprint density at radius 2 is 1.09 bits per heavy atom. The molecular formula is C20H13Cl2P. The normalized spacial score (nSPS) is 10.2. The summed E-state index contributed by atoms with van der Waals surface area (Å²) in [4.78, 5) is 0. The van der Waals surface area contributed by atoms with Gasteiger partial charge in [0.1, 0.15) is 0 Å². The fraction of sp³-hybridized carbons (Fsp3) is 0. The molecule has 3 aromatic rings. The Labute approximate surface area is 147 Å². The first-order chi connectivity index (χ1) is 11.2. The van der Waals surface area contributed by atoms with Gasteiger partial charge in [0, 0.05) is 23.5 Å². The lowest BCUT2D eigenvalue weighted by Gasteiger charge is -2.12. The van der Waals surface area contributed by atoms with Crippen molar-refractivity contribution in [2.75, 3.05) is 0 Å². The first-order valence-electron chi connectivity index (χ1n) is 7.10. The lowest BCUT2D eigenvalue weighted by atomic mass is 10.2. The first kappa shape index (κ1) is 16.1. The van der Waals surface area contributed by atoms with Gasteiger partial charge in [-0.05, 0) is 47.0 Å². The Kier molecular flexibility index (Phi) is 5.37. The first-order valence-corrected chi connectivity index (χ1v) is 9.20. The number of halogens is 2. The minimum absolute atomic E-state index is 0.732. The Hall–Kier alpha value is -1.77. The van der Waals surface area contributed by atoms with Crippen LogP contribution in [0.25, 0.3) is 0 Å². The van der Waals surface area contributed by atoms with Crippen molar-refractivity contribution in [1.29, 1.82) is 0 Å². The maximum absolute atomic E-state index is 6.01. The third-order valence-electron chi connectivity index (χ3n) is 3.26. The highest BCUT2D eigenvalue weighted by atomic mass is 35.5. The van der Waals surface area contributed by atoms with Gasteiger partial charge in [0.25, 0.3) is 0 Å². The van der Waals surface area contributed by atoms with Gasteiger partial charge in [0.15, 0.2) is 0 Å². The second kappa shape index (κ2) is 7.67. The number of hydrogen-bond acceptors (Lipinski definition) is 0. The van der Waals surface area contributed by atoms with E-state index in [4.69, 9.17) is 23.2 Å². The van der Waals surface area contributed by atoms with E-state index in [-0.39, 0.29) is 0 Å². The Balaban J connectivity index is 2.01. The molecule has 0 unspecified atom stereocenters. The molecule has 0 spiro atoms. The molecule has 0 saturated carbocycles. The molecule has 0 N–H and O–H groups in total. The van der Waals surface area contributed by atoms with Crippen molar-refractivity contribution in [2.45, 2.75) is 0 Å². The lowest BCUT2D eigenvalue weighted by molar-refractivity contribution is 1.65. The predicted molar refractivity (Wildman–Crippen MR) is 102 cm³/mol. The van der Waals surface area contributed by atoms with Crippen LogP contribution in [0.5, 0.6) is 0 Å². The van der Waals surface area contributed by atoms with Crippen molar-refractivity contribution in [3.8, 4) is 11.6 Å². The molecule has 0 aliphatic rings.